The van der Waals surface area contributed by atoms with Crippen molar-refractivity contribution >= 4 is 24.0 Å². The average Bonchev–Trinajstić information content (AvgIpc) is 2.77. The van der Waals surface area contributed by atoms with Crippen LogP contribution in [-0.4, -0.2) is 70.6 Å². The van der Waals surface area contributed by atoms with E-state index in [-0.39, 0.29) is 25.9 Å². The summed E-state index contributed by atoms with van der Waals surface area (Å²) in [6.45, 7) is 6.42. The first-order valence-electron chi connectivity index (χ1n) is 7.48. The molecule has 0 atom stereocenters. The lowest BCUT2D eigenvalue weighted by Crippen LogP contribution is -2.52. The summed E-state index contributed by atoms with van der Waals surface area (Å²) in [6, 6.07) is 0. The number of rotatable bonds is 1. The van der Waals surface area contributed by atoms with Gasteiger partial charge in [0.2, 0.25) is 0 Å². The lowest BCUT2D eigenvalue weighted by Gasteiger charge is -2.35. The first kappa shape index (κ1) is 17.0. The molecule has 23 heavy (non-hydrogen) atoms. The Labute approximate surface area is 134 Å². The van der Waals surface area contributed by atoms with E-state index in [1.807, 2.05) is 0 Å². The average molecular weight is 327 g/mol. The van der Waals surface area contributed by atoms with Crippen molar-refractivity contribution < 1.29 is 28.8 Å². The van der Waals surface area contributed by atoms with E-state index in [1.54, 1.807) is 20.8 Å². The summed E-state index contributed by atoms with van der Waals surface area (Å²) in [7, 11) is 0. The molecule has 0 bridgehead atoms. The summed E-state index contributed by atoms with van der Waals surface area (Å²) in [4.78, 5) is 54.4. The summed E-state index contributed by atoms with van der Waals surface area (Å²) in [5.74, 6) is -1.04. The number of amides is 4. The molecule has 2 fully saturated rings. The van der Waals surface area contributed by atoms with Gasteiger partial charge < -0.3 is 19.4 Å². The van der Waals surface area contributed by atoms with Crippen LogP contribution in [0, 0.1) is 0 Å². The van der Waals surface area contributed by atoms with E-state index >= 15 is 0 Å². The molecule has 9 heteroatoms. The van der Waals surface area contributed by atoms with Gasteiger partial charge in [-0.25, -0.2) is 9.59 Å². The molecule has 0 radical (unpaired) electrons. The maximum Gasteiger partial charge on any atom is 0.434 e. The molecule has 0 aromatic rings. The van der Waals surface area contributed by atoms with Crippen LogP contribution < -0.4 is 0 Å². The van der Waals surface area contributed by atoms with Crippen molar-refractivity contribution in [2.45, 2.75) is 39.2 Å². The van der Waals surface area contributed by atoms with Gasteiger partial charge in [-0.15, -0.1) is 5.06 Å². The Kier molecular flexibility index (Phi) is 4.76. The predicted octanol–water partition coefficient (Wildman–Crippen LogP) is 0.740. The zero-order valence-electron chi connectivity index (χ0n) is 13.5. The SMILES string of the molecule is CC(C)(C)OC(=O)N1CCN(C(=O)ON2C(=O)CCC2=O)CC1. The molecule has 0 N–H and O–H groups in total. The van der Waals surface area contributed by atoms with E-state index in [0.29, 0.717) is 18.2 Å². The third-order valence-corrected chi connectivity index (χ3v) is 3.36. The fourth-order valence-electron chi connectivity index (χ4n) is 2.19. The van der Waals surface area contributed by atoms with Crippen molar-refractivity contribution in [3.05, 3.63) is 0 Å². The topological polar surface area (TPSA) is 96.5 Å². The van der Waals surface area contributed by atoms with E-state index < -0.39 is 29.6 Å². The van der Waals surface area contributed by atoms with Crippen LogP contribution in [0.15, 0.2) is 0 Å². The molecule has 4 amide bonds. The summed E-state index contributed by atoms with van der Waals surface area (Å²) in [5.41, 5.74) is -0.580. The van der Waals surface area contributed by atoms with Crippen LogP contribution in [0.4, 0.5) is 9.59 Å². The van der Waals surface area contributed by atoms with E-state index in [2.05, 4.69) is 0 Å². The van der Waals surface area contributed by atoms with Crippen LogP contribution in [0.3, 0.4) is 0 Å². The normalized spacial score (nSPS) is 19.2. The molecule has 0 aromatic heterocycles. The van der Waals surface area contributed by atoms with Gasteiger partial charge in [-0.05, 0) is 20.8 Å². The van der Waals surface area contributed by atoms with Gasteiger partial charge in [0.25, 0.3) is 11.8 Å². The fraction of sp³-hybridized carbons (Fsp3) is 0.714. The van der Waals surface area contributed by atoms with Gasteiger partial charge in [-0.1, -0.05) is 0 Å². The minimum atomic E-state index is -0.766. The quantitative estimate of drug-likeness (QED) is 0.659. The van der Waals surface area contributed by atoms with Gasteiger partial charge in [-0.3, -0.25) is 9.59 Å². The van der Waals surface area contributed by atoms with Crippen LogP contribution in [-0.2, 0) is 19.2 Å². The summed E-state index contributed by atoms with van der Waals surface area (Å²) in [5, 5.41) is 0.516. The van der Waals surface area contributed by atoms with E-state index in [9.17, 15) is 19.2 Å². The third-order valence-electron chi connectivity index (χ3n) is 3.36. The van der Waals surface area contributed by atoms with E-state index in [4.69, 9.17) is 9.57 Å². The number of ether oxygens (including phenoxy) is 1. The molecular weight excluding hydrogens is 306 g/mol. The monoisotopic (exact) mass is 327 g/mol. The van der Waals surface area contributed by atoms with Gasteiger partial charge >= 0.3 is 12.2 Å². The van der Waals surface area contributed by atoms with Crippen LogP contribution in [0.2, 0.25) is 0 Å². The zero-order valence-corrected chi connectivity index (χ0v) is 13.5. The Morgan fingerprint density at radius 1 is 0.870 bits per heavy atom. The molecule has 128 valence electrons. The number of carbonyl (C=O) groups is 4. The molecule has 0 unspecified atom stereocenters. The van der Waals surface area contributed by atoms with Crippen LogP contribution in [0.5, 0.6) is 0 Å². The van der Waals surface area contributed by atoms with Crippen molar-refractivity contribution in [1.29, 1.82) is 0 Å². The predicted molar refractivity (Wildman–Crippen MR) is 76.9 cm³/mol. The van der Waals surface area contributed by atoms with Gasteiger partial charge in [0.1, 0.15) is 5.60 Å². The first-order valence-corrected chi connectivity index (χ1v) is 7.48. The van der Waals surface area contributed by atoms with E-state index in [1.165, 1.54) is 9.80 Å². The minimum absolute atomic E-state index is 0.0541. The highest BCUT2D eigenvalue weighted by Crippen LogP contribution is 2.15. The number of nitrogens with zero attached hydrogens (tertiary/aromatic N) is 3. The highest BCUT2D eigenvalue weighted by Gasteiger charge is 2.35. The van der Waals surface area contributed by atoms with Gasteiger partial charge in [0.15, 0.2) is 0 Å². The first-order chi connectivity index (χ1) is 10.7. The van der Waals surface area contributed by atoms with Crippen molar-refractivity contribution in [2.24, 2.45) is 0 Å². The number of carbonyl (C=O) groups excluding carboxylic acids is 4. The fourth-order valence-corrected chi connectivity index (χ4v) is 2.19. The molecule has 2 aliphatic rings. The molecule has 2 aliphatic heterocycles. The lowest BCUT2D eigenvalue weighted by molar-refractivity contribution is -0.174. The molecular formula is C14H21N3O6. The standard InChI is InChI=1S/C14H21N3O6/c1-14(2,3)22-12(20)15-6-8-16(9-7-15)13(21)23-17-10(18)4-5-11(17)19/h4-9H2,1-3H3. The number of hydrogen-bond acceptors (Lipinski definition) is 6. The molecule has 0 saturated carbocycles. The number of hydrogen-bond donors (Lipinski definition) is 0. The molecule has 2 saturated heterocycles. The smallest absolute Gasteiger partial charge is 0.434 e. The maximum absolute atomic E-state index is 12.0. The largest absolute Gasteiger partial charge is 0.444 e. The second-order valence-corrected chi connectivity index (χ2v) is 6.39. The molecule has 2 rings (SSSR count). The molecule has 0 aliphatic carbocycles. The molecule has 2 heterocycles. The second kappa shape index (κ2) is 6.43. The third kappa shape index (κ3) is 4.33. The second-order valence-electron chi connectivity index (χ2n) is 6.39. The van der Waals surface area contributed by atoms with E-state index in [0.717, 1.165) is 0 Å². The van der Waals surface area contributed by atoms with Crippen molar-refractivity contribution in [3.8, 4) is 0 Å². The molecule has 9 nitrogen and oxygen atoms in total. The Morgan fingerprint density at radius 2 is 1.30 bits per heavy atom. The Bertz CT molecular complexity index is 503. The summed E-state index contributed by atoms with van der Waals surface area (Å²) in [6.07, 6.45) is -1.09. The highest BCUT2D eigenvalue weighted by molar-refractivity contribution is 6.01. The van der Waals surface area contributed by atoms with Crippen molar-refractivity contribution in [1.82, 2.24) is 14.9 Å². The van der Waals surface area contributed by atoms with Gasteiger partial charge in [0, 0.05) is 39.0 Å². The number of piperazine rings is 1. The summed E-state index contributed by atoms with van der Waals surface area (Å²) >= 11 is 0. The highest BCUT2D eigenvalue weighted by atomic mass is 16.7. The van der Waals surface area contributed by atoms with Crippen LogP contribution in [0.25, 0.3) is 0 Å². The van der Waals surface area contributed by atoms with Crippen LogP contribution in [0.1, 0.15) is 33.6 Å². The number of hydroxylamine groups is 2. The van der Waals surface area contributed by atoms with Gasteiger partial charge in [0.05, 0.1) is 0 Å². The molecule has 0 spiro atoms. The minimum Gasteiger partial charge on any atom is -0.444 e. The zero-order chi connectivity index (χ0) is 17.2. The Hall–Kier alpha value is -2.32. The lowest BCUT2D eigenvalue weighted by atomic mass is 10.2. The van der Waals surface area contributed by atoms with Crippen LogP contribution >= 0.6 is 0 Å². The van der Waals surface area contributed by atoms with Crippen molar-refractivity contribution in [3.63, 3.8) is 0 Å². The summed E-state index contributed by atoms with van der Waals surface area (Å²) < 4.78 is 5.26. The Morgan fingerprint density at radius 3 is 1.74 bits per heavy atom. The number of imide groups is 1. The molecule has 0 aromatic carbocycles. The van der Waals surface area contributed by atoms with Gasteiger partial charge in [-0.2, -0.15) is 0 Å². The maximum atomic E-state index is 12.0. The van der Waals surface area contributed by atoms with Crippen molar-refractivity contribution in [2.75, 3.05) is 26.2 Å². The Balaban J connectivity index is 1.82.